The molecule has 1 heterocycles. The van der Waals surface area contributed by atoms with E-state index in [1.807, 2.05) is 30.3 Å². The Bertz CT molecular complexity index is 1080. The average Bonchev–Trinajstić information content (AvgIpc) is 2.78. The van der Waals surface area contributed by atoms with Crippen molar-refractivity contribution in [1.82, 2.24) is 5.32 Å². The first-order chi connectivity index (χ1) is 15.2. The molecule has 32 heavy (non-hydrogen) atoms. The monoisotopic (exact) mass is 443 g/mol. The van der Waals surface area contributed by atoms with Gasteiger partial charge in [-0.1, -0.05) is 54.6 Å². The number of rotatable bonds is 3. The Balaban J connectivity index is 0.000000352. The number of nitrogens with two attached hydrogens (primary N) is 1. The number of halogens is 3. The molecule has 0 bridgehead atoms. The fourth-order valence-electron chi connectivity index (χ4n) is 3.08. The van der Waals surface area contributed by atoms with Crippen molar-refractivity contribution in [2.24, 2.45) is 0 Å². The van der Waals surface area contributed by atoms with Crippen molar-refractivity contribution in [2.75, 3.05) is 17.6 Å². The topological polar surface area (TPSA) is 93.5 Å². The molecule has 1 unspecified atom stereocenters. The zero-order valence-corrected chi connectivity index (χ0v) is 16.7. The summed E-state index contributed by atoms with van der Waals surface area (Å²) >= 11 is 0. The molecule has 9 heteroatoms. The van der Waals surface area contributed by atoms with E-state index in [1.165, 1.54) is 36.4 Å². The van der Waals surface area contributed by atoms with Gasteiger partial charge in [0.25, 0.3) is 11.5 Å². The van der Waals surface area contributed by atoms with E-state index in [0.717, 1.165) is 5.69 Å². The number of cyclic esters (lactones) is 1. The van der Waals surface area contributed by atoms with Crippen molar-refractivity contribution < 1.29 is 27.5 Å². The van der Waals surface area contributed by atoms with E-state index in [-0.39, 0.29) is 16.8 Å². The lowest BCUT2D eigenvalue weighted by Gasteiger charge is -2.39. The molecule has 0 aromatic heterocycles. The summed E-state index contributed by atoms with van der Waals surface area (Å²) in [7, 11) is 0. The highest BCUT2D eigenvalue weighted by Crippen LogP contribution is 2.47. The quantitative estimate of drug-likeness (QED) is 0.512. The summed E-state index contributed by atoms with van der Waals surface area (Å²) in [6.45, 7) is -0.936. The minimum absolute atomic E-state index is 0.00923. The van der Waals surface area contributed by atoms with E-state index < -0.39 is 30.3 Å². The number of fused-ring (bicyclic) bond motifs is 1. The third kappa shape index (κ3) is 5.00. The smallest absolute Gasteiger partial charge is 0.426 e. The van der Waals surface area contributed by atoms with Crippen molar-refractivity contribution in [3.8, 4) is 0 Å². The van der Waals surface area contributed by atoms with Gasteiger partial charge in [0.05, 0.1) is 12.2 Å². The molecule has 0 spiro atoms. The van der Waals surface area contributed by atoms with Crippen molar-refractivity contribution in [1.29, 1.82) is 0 Å². The molecule has 4 rings (SSSR count). The first kappa shape index (κ1) is 22.7. The van der Waals surface area contributed by atoms with Gasteiger partial charge in [0.15, 0.2) is 0 Å². The molecular weight excluding hydrogens is 423 g/mol. The van der Waals surface area contributed by atoms with Gasteiger partial charge in [0, 0.05) is 16.8 Å². The number of alkyl halides is 3. The number of carbonyl (C=O) groups is 2. The number of amides is 2. The minimum atomic E-state index is -4.93. The highest BCUT2D eigenvalue weighted by atomic mass is 19.4. The van der Waals surface area contributed by atoms with Crippen LogP contribution in [0.2, 0.25) is 0 Å². The molecule has 0 saturated heterocycles. The maximum Gasteiger partial charge on any atom is 0.434 e. The minimum Gasteiger partial charge on any atom is -0.426 e. The number of nitrogens with one attached hydrogen (secondary N) is 2. The average molecular weight is 443 g/mol. The van der Waals surface area contributed by atoms with E-state index in [1.54, 1.807) is 18.2 Å². The second-order valence-corrected chi connectivity index (χ2v) is 6.84. The summed E-state index contributed by atoms with van der Waals surface area (Å²) in [5, 5.41) is 4.45. The summed E-state index contributed by atoms with van der Waals surface area (Å²) in [5.41, 5.74) is 3.14. The number of carbonyl (C=O) groups excluding carboxylic acids is 2. The van der Waals surface area contributed by atoms with Crippen LogP contribution >= 0.6 is 0 Å². The van der Waals surface area contributed by atoms with Gasteiger partial charge >= 0.3 is 12.3 Å². The number of anilines is 2. The molecule has 4 N–H and O–H groups in total. The maximum absolute atomic E-state index is 13.8. The Kier molecular flexibility index (Phi) is 6.67. The maximum atomic E-state index is 13.8. The number of hydrogen-bond donors (Lipinski definition) is 3. The number of ether oxygens (including phenoxy) is 1. The molecule has 166 valence electrons. The molecule has 1 aliphatic heterocycles. The first-order valence-corrected chi connectivity index (χ1v) is 9.53. The van der Waals surface area contributed by atoms with Crippen LogP contribution in [0.3, 0.4) is 0 Å². The van der Waals surface area contributed by atoms with Crippen molar-refractivity contribution >= 4 is 23.4 Å². The Morgan fingerprint density at radius 2 is 1.50 bits per heavy atom. The van der Waals surface area contributed by atoms with Gasteiger partial charge in [-0.05, 0) is 30.3 Å². The van der Waals surface area contributed by atoms with Gasteiger partial charge in [-0.3, -0.25) is 10.1 Å². The van der Waals surface area contributed by atoms with Crippen LogP contribution in [-0.4, -0.2) is 24.7 Å². The van der Waals surface area contributed by atoms with Crippen LogP contribution in [0.15, 0.2) is 84.9 Å². The first-order valence-electron chi connectivity index (χ1n) is 9.53. The van der Waals surface area contributed by atoms with Gasteiger partial charge in [-0.15, -0.1) is 0 Å². The molecule has 3 aromatic rings. The highest BCUT2D eigenvalue weighted by molar-refractivity contribution is 5.94. The summed E-state index contributed by atoms with van der Waals surface area (Å²) in [4.78, 5) is 23.8. The van der Waals surface area contributed by atoms with Gasteiger partial charge in [-0.25, -0.2) is 4.79 Å². The van der Waals surface area contributed by atoms with Crippen LogP contribution in [0.1, 0.15) is 15.9 Å². The zero-order valence-electron chi connectivity index (χ0n) is 16.7. The molecule has 0 saturated carbocycles. The fraction of sp³-hybridized carbons (Fsp3) is 0.130. The Labute approximate surface area is 182 Å². The lowest BCUT2D eigenvalue weighted by molar-refractivity contribution is -0.261. The van der Waals surface area contributed by atoms with Gasteiger partial charge in [0.1, 0.15) is 0 Å². The second kappa shape index (κ2) is 9.42. The molecular formula is C23H20F3N3O3. The predicted octanol–water partition coefficient (Wildman–Crippen LogP) is 4.71. The molecule has 2 amide bonds. The number of para-hydroxylation sites is 2. The van der Waals surface area contributed by atoms with Crippen LogP contribution in [0.5, 0.6) is 0 Å². The zero-order chi connectivity index (χ0) is 23.2. The number of hydrogen-bond acceptors (Lipinski definition) is 4. The highest BCUT2D eigenvalue weighted by Gasteiger charge is 2.62. The second-order valence-electron chi connectivity index (χ2n) is 6.84. The predicted molar refractivity (Wildman–Crippen MR) is 114 cm³/mol. The van der Waals surface area contributed by atoms with Crippen LogP contribution < -0.4 is 16.4 Å². The van der Waals surface area contributed by atoms with E-state index in [0.29, 0.717) is 0 Å². The summed E-state index contributed by atoms with van der Waals surface area (Å²) < 4.78 is 46.2. The van der Waals surface area contributed by atoms with Crippen LogP contribution in [-0.2, 0) is 10.3 Å². The lowest BCUT2D eigenvalue weighted by Crippen LogP contribution is -2.56. The van der Waals surface area contributed by atoms with Crippen LogP contribution in [0, 0.1) is 0 Å². The van der Waals surface area contributed by atoms with Crippen LogP contribution in [0.4, 0.5) is 29.3 Å². The Hall–Kier alpha value is -4.01. The normalized spacial score (nSPS) is 17.0. The van der Waals surface area contributed by atoms with Crippen molar-refractivity contribution in [3.05, 3.63) is 96.1 Å². The van der Waals surface area contributed by atoms with Gasteiger partial charge in [0.2, 0.25) is 0 Å². The molecule has 0 aliphatic carbocycles. The van der Waals surface area contributed by atoms with E-state index in [9.17, 15) is 22.8 Å². The van der Waals surface area contributed by atoms with E-state index in [4.69, 9.17) is 5.73 Å². The fourth-order valence-corrected chi connectivity index (χ4v) is 3.08. The molecule has 1 aliphatic rings. The molecule has 0 fully saturated rings. The number of nitrogen functional groups attached to an aromatic ring is 1. The van der Waals surface area contributed by atoms with E-state index >= 15 is 0 Å². The lowest BCUT2D eigenvalue weighted by atomic mass is 9.89. The third-order valence-corrected chi connectivity index (χ3v) is 4.66. The SMILES string of the molecule is Nc1ccccc1.O=C1Nc2ccccc2C(CNC(=O)c2ccccc2)(C(F)(F)F)O1. The van der Waals surface area contributed by atoms with Crippen LogP contribution in [0.25, 0.3) is 0 Å². The molecule has 6 nitrogen and oxygen atoms in total. The Morgan fingerprint density at radius 1 is 0.938 bits per heavy atom. The van der Waals surface area contributed by atoms with Gasteiger partial charge < -0.3 is 15.8 Å². The van der Waals surface area contributed by atoms with Crippen molar-refractivity contribution in [2.45, 2.75) is 11.8 Å². The summed E-state index contributed by atoms with van der Waals surface area (Å²) in [6.07, 6.45) is -6.16. The number of benzene rings is 3. The summed E-state index contributed by atoms with van der Waals surface area (Å²) in [6, 6.07) is 22.7. The van der Waals surface area contributed by atoms with Crippen molar-refractivity contribution in [3.63, 3.8) is 0 Å². The van der Waals surface area contributed by atoms with E-state index in [2.05, 4.69) is 15.4 Å². The van der Waals surface area contributed by atoms with Gasteiger partial charge in [-0.2, -0.15) is 13.2 Å². The third-order valence-electron chi connectivity index (χ3n) is 4.66. The molecule has 3 aromatic carbocycles. The molecule has 1 atom stereocenters. The standard InChI is InChI=1S/C17H13F3N2O3.C6H7N/c18-17(19,20)16(10-21-14(23)11-6-2-1-3-7-11)12-8-4-5-9-13(12)22-15(24)25-16;7-6-4-2-1-3-5-6/h1-9H,10H2,(H,21,23)(H,22,24);1-5H,7H2. The Morgan fingerprint density at radius 3 is 2.06 bits per heavy atom. The summed E-state index contributed by atoms with van der Waals surface area (Å²) in [5.74, 6) is -0.698. The largest absolute Gasteiger partial charge is 0.434 e. The molecule has 0 radical (unpaired) electrons.